The van der Waals surface area contributed by atoms with Gasteiger partial charge in [-0.2, -0.15) is 0 Å². The molecule has 5 N–H and O–H groups in total. The van der Waals surface area contributed by atoms with E-state index in [2.05, 4.69) is 5.32 Å². The van der Waals surface area contributed by atoms with Gasteiger partial charge in [-0.1, -0.05) is 26.1 Å². The van der Waals surface area contributed by atoms with Gasteiger partial charge in [0, 0.05) is 6.54 Å². The van der Waals surface area contributed by atoms with Crippen molar-refractivity contribution in [2.24, 2.45) is 22.7 Å². The van der Waals surface area contributed by atoms with Gasteiger partial charge in [0.15, 0.2) is 0 Å². The Morgan fingerprint density at radius 3 is 2.29 bits per heavy atom. The smallest absolute Gasteiger partial charge is 0.230 e. The summed E-state index contributed by atoms with van der Waals surface area (Å²) in [5, 5.41) is 7.42. The molecule has 0 rings (SSSR count). The van der Waals surface area contributed by atoms with Crippen LogP contribution in [0.25, 0.3) is 0 Å². The Labute approximate surface area is 107 Å². The van der Waals surface area contributed by atoms with Gasteiger partial charge in [-0.3, -0.25) is 4.79 Å². The zero-order valence-electron chi connectivity index (χ0n) is 9.97. The van der Waals surface area contributed by atoms with Crippen LogP contribution in [-0.2, 0) is 14.8 Å². The Hall–Kier alpha value is -0.730. The number of hydrogen-bond acceptors (Lipinski definition) is 4. The first-order valence-electron chi connectivity index (χ1n) is 5.22. The zero-order valence-corrected chi connectivity index (χ0v) is 11.6. The maximum absolute atomic E-state index is 11.7. The lowest BCUT2D eigenvalue weighted by Gasteiger charge is -2.18. The highest BCUT2D eigenvalue weighted by atomic mass is 32.2. The Kier molecular flexibility index (Phi) is 6.58. The minimum Gasteiger partial charge on any atom is -0.393 e. The molecule has 1 atom stereocenters. The van der Waals surface area contributed by atoms with Crippen molar-refractivity contribution < 1.29 is 13.2 Å². The van der Waals surface area contributed by atoms with E-state index in [1.54, 1.807) is 0 Å². The first-order valence-corrected chi connectivity index (χ1v) is 7.35. The van der Waals surface area contributed by atoms with E-state index in [1.807, 2.05) is 13.8 Å². The van der Waals surface area contributed by atoms with E-state index in [9.17, 15) is 13.2 Å². The Balaban J connectivity index is 4.13. The number of carbonyl (C=O) groups excluding carboxylic acids is 1. The summed E-state index contributed by atoms with van der Waals surface area (Å²) in [7, 11) is -3.48. The molecule has 0 aromatic rings. The highest BCUT2D eigenvalue weighted by Gasteiger charge is 2.24. The number of hydrogen-bond donors (Lipinski definition) is 3. The molecule has 6 nitrogen and oxygen atoms in total. The lowest BCUT2D eigenvalue weighted by Crippen LogP contribution is -2.41. The highest BCUT2D eigenvalue weighted by Crippen LogP contribution is 2.11. The second-order valence-corrected chi connectivity index (χ2v) is 6.34. The van der Waals surface area contributed by atoms with Gasteiger partial charge in [0.25, 0.3) is 0 Å². The van der Waals surface area contributed by atoms with E-state index in [4.69, 9.17) is 23.1 Å². The molecule has 0 bridgehead atoms. The summed E-state index contributed by atoms with van der Waals surface area (Å²) in [6, 6.07) is 0. The lowest BCUT2D eigenvalue weighted by molar-refractivity contribution is -0.123. The van der Waals surface area contributed by atoms with Gasteiger partial charge in [-0.05, 0) is 12.3 Å². The molecule has 1 unspecified atom stereocenters. The molecule has 0 aromatic heterocycles. The largest absolute Gasteiger partial charge is 0.393 e. The van der Waals surface area contributed by atoms with Crippen LogP contribution < -0.4 is 16.2 Å². The molecule has 100 valence electrons. The van der Waals surface area contributed by atoms with Gasteiger partial charge in [0.05, 0.1) is 16.7 Å². The molecule has 8 heteroatoms. The van der Waals surface area contributed by atoms with Crippen LogP contribution in [0.2, 0.25) is 0 Å². The molecule has 17 heavy (non-hydrogen) atoms. The third kappa shape index (κ3) is 7.24. The van der Waals surface area contributed by atoms with E-state index < -0.39 is 15.9 Å². The van der Waals surface area contributed by atoms with Crippen LogP contribution in [0.3, 0.4) is 0 Å². The van der Waals surface area contributed by atoms with Crippen molar-refractivity contribution in [2.75, 3.05) is 12.3 Å². The molecule has 0 saturated heterocycles. The molecule has 0 radical (unpaired) electrons. The fraction of sp³-hybridized carbons (Fsp3) is 0.778. The van der Waals surface area contributed by atoms with Gasteiger partial charge >= 0.3 is 0 Å². The topological polar surface area (TPSA) is 115 Å². The molecule has 0 aliphatic carbocycles. The van der Waals surface area contributed by atoms with Crippen LogP contribution in [0.15, 0.2) is 0 Å². The molecule has 0 aliphatic rings. The predicted molar refractivity (Wildman–Crippen MR) is 70.7 cm³/mol. The maximum Gasteiger partial charge on any atom is 0.230 e. The van der Waals surface area contributed by atoms with Crippen molar-refractivity contribution in [1.29, 1.82) is 0 Å². The Morgan fingerprint density at radius 1 is 1.41 bits per heavy atom. The quantitative estimate of drug-likeness (QED) is 0.423. The first-order chi connectivity index (χ1) is 7.65. The van der Waals surface area contributed by atoms with Gasteiger partial charge in [-0.15, -0.1) is 0 Å². The summed E-state index contributed by atoms with van der Waals surface area (Å²) in [6.45, 7) is 3.92. The van der Waals surface area contributed by atoms with Crippen LogP contribution in [-0.4, -0.2) is 31.6 Å². The van der Waals surface area contributed by atoms with E-state index in [1.165, 1.54) is 0 Å². The van der Waals surface area contributed by atoms with Crippen molar-refractivity contribution in [2.45, 2.75) is 20.3 Å². The number of nitrogens with two attached hydrogens (primary N) is 2. The normalized spacial score (nSPS) is 13.4. The fourth-order valence-electron chi connectivity index (χ4n) is 1.36. The average molecular weight is 281 g/mol. The SMILES string of the molecule is CC(C)C(C(=O)NCCCS(N)(=O)=O)C(N)=S. The van der Waals surface area contributed by atoms with E-state index >= 15 is 0 Å². The van der Waals surface area contributed by atoms with Crippen molar-refractivity contribution in [1.82, 2.24) is 5.32 Å². The summed E-state index contributed by atoms with van der Waals surface area (Å²) in [5.74, 6) is -0.959. The zero-order chi connectivity index (χ0) is 13.6. The minimum absolute atomic E-state index is 0.00532. The summed E-state index contributed by atoms with van der Waals surface area (Å²) < 4.78 is 21.3. The Bertz CT molecular complexity index is 379. The second kappa shape index (κ2) is 6.87. The van der Waals surface area contributed by atoms with Crippen LogP contribution in [0.1, 0.15) is 20.3 Å². The highest BCUT2D eigenvalue weighted by molar-refractivity contribution is 7.89. The maximum atomic E-state index is 11.7. The van der Waals surface area contributed by atoms with Gasteiger partial charge in [-0.25, -0.2) is 13.6 Å². The van der Waals surface area contributed by atoms with E-state index in [0.717, 1.165) is 0 Å². The van der Waals surface area contributed by atoms with E-state index in [0.29, 0.717) is 0 Å². The van der Waals surface area contributed by atoms with Gasteiger partial charge in [0.1, 0.15) is 0 Å². The molecular formula is C9H19N3O3S2. The van der Waals surface area contributed by atoms with Crippen LogP contribution in [0, 0.1) is 11.8 Å². The van der Waals surface area contributed by atoms with Crippen LogP contribution >= 0.6 is 12.2 Å². The number of carbonyl (C=O) groups is 1. The molecule has 0 fully saturated rings. The monoisotopic (exact) mass is 281 g/mol. The number of sulfonamides is 1. The summed E-state index contributed by atoms with van der Waals surface area (Å²) in [5.41, 5.74) is 5.47. The number of thiocarbonyl (C=S) groups is 1. The molecule has 0 aromatic carbocycles. The third-order valence-corrected chi connectivity index (χ3v) is 3.27. The number of nitrogens with one attached hydrogen (secondary N) is 1. The van der Waals surface area contributed by atoms with Crippen molar-refractivity contribution >= 4 is 33.1 Å². The lowest BCUT2D eigenvalue weighted by atomic mass is 9.95. The number of amides is 1. The van der Waals surface area contributed by atoms with Crippen molar-refractivity contribution in [3.05, 3.63) is 0 Å². The van der Waals surface area contributed by atoms with Crippen molar-refractivity contribution in [3.63, 3.8) is 0 Å². The first kappa shape index (κ1) is 16.3. The summed E-state index contributed by atoms with van der Waals surface area (Å²) in [4.78, 5) is 11.8. The summed E-state index contributed by atoms with van der Waals surface area (Å²) >= 11 is 4.81. The molecular weight excluding hydrogens is 262 g/mol. The second-order valence-electron chi connectivity index (χ2n) is 4.14. The van der Waals surface area contributed by atoms with Gasteiger partial charge in [0.2, 0.25) is 15.9 Å². The molecule has 0 aliphatic heterocycles. The van der Waals surface area contributed by atoms with Gasteiger partial charge < -0.3 is 11.1 Å². The predicted octanol–water partition coefficient (Wildman–Crippen LogP) is -0.660. The molecule has 1 amide bonds. The summed E-state index contributed by atoms with van der Waals surface area (Å²) in [6.07, 6.45) is 0.271. The minimum atomic E-state index is -3.48. The fourth-order valence-corrected chi connectivity index (χ4v) is 2.28. The third-order valence-electron chi connectivity index (χ3n) is 2.16. The van der Waals surface area contributed by atoms with Crippen LogP contribution in [0.4, 0.5) is 0 Å². The number of rotatable bonds is 7. The standard InChI is InChI=1S/C9H19N3O3S2/c1-6(2)7(8(10)16)9(13)12-4-3-5-17(11,14)15/h6-7H,3-5H2,1-2H3,(H2,10,16)(H,12,13)(H2,11,14,15). The molecule has 0 spiro atoms. The van der Waals surface area contributed by atoms with E-state index in [-0.39, 0.29) is 35.5 Å². The number of primary sulfonamides is 1. The van der Waals surface area contributed by atoms with Crippen molar-refractivity contribution in [3.8, 4) is 0 Å². The molecule has 0 saturated carbocycles. The van der Waals surface area contributed by atoms with Crippen LogP contribution in [0.5, 0.6) is 0 Å². The average Bonchev–Trinajstić information content (AvgIpc) is 2.09. The Morgan fingerprint density at radius 2 is 1.94 bits per heavy atom. The molecule has 0 heterocycles.